The predicted octanol–water partition coefficient (Wildman–Crippen LogP) is 5.21. The molecule has 6 nitrogen and oxygen atoms in total. The van der Waals surface area contributed by atoms with E-state index in [0.29, 0.717) is 40.6 Å². The summed E-state index contributed by atoms with van der Waals surface area (Å²) in [5.41, 5.74) is 2.48. The van der Waals surface area contributed by atoms with Crippen molar-refractivity contribution in [3.05, 3.63) is 34.1 Å². The fourth-order valence-corrected chi connectivity index (χ4v) is 4.51. The van der Waals surface area contributed by atoms with E-state index in [4.69, 9.17) is 4.74 Å². The van der Waals surface area contributed by atoms with Gasteiger partial charge in [-0.3, -0.25) is 4.79 Å². The maximum absolute atomic E-state index is 12.4. The Hall–Kier alpha value is -1.93. The molecule has 0 aliphatic heterocycles. The van der Waals surface area contributed by atoms with Gasteiger partial charge < -0.3 is 9.72 Å². The quantitative estimate of drug-likeness (QED) is 0.366. The van der Waals surface area contributed by atoms with E-state index in [0.717, 1.165) is 40.5 Å². The van der Waals surface area contributed by atoms with Gasteiger partial charge in [-0.15, -0.1) is 0 Å². The summed E-state index contributed by atoms with van der Waals surface area (Å²) in [6, 6.07) is 3.60. The van der Waals surface area contributed by atoms with Crippen LogP contribution in [0.4, 0.5) is 0 Å². The van der Waals surface area contributed by atoms with Crippen LogP contribution in [0, 0.1) is 5.92 Å². The molecule has 1 aliphatic rings. The Morgan fingerprint density at radius 2 is 2.18 bits per heavy atom. The first kappa shape index (κ1) is 19.4. The second-order valence-corrected chi connectivity index (χ2v) is 8.58. The van der Waals surface area contributed by atoms with Gasteiger partial charge in [-0.05, 0) is 71.9 Å². The number of pyridine rings is 1. The highest BCUT2D eigenvalue weighted by molar-refractivity contribution is 9.10. The number of carbonyl (C=O) groups is 1. The molecule has 1 aliphatic carbocycles. The summed E-state index contributed by atoms with van der Waals surface area (Å²) in [7, 11) is 0. The topological polar surface area (TPSA) is 80.8 Å². The Labute approximate surface area is 176 Å². The molecule has 146 valence electrons. The number of nitrogens with zero attached hydrogens (tertiary/aromatic N) is 3. The molecular weight excluding hydrogens is 440 g/mol. The maximum atomic E-state index is 12.4. The lowest BCUT2D eigenvalue weighted by Gasteiger charge is -2.07. The average molecular weight is 461 g/mol. The van der Waals surface area contributed by atoms with E-state index in [2.05, 4.69) is 42.8 Å². The van der Waals surface area contributed by atoms with Gasteiger partial charge in [-0.1, -0.05) is 6.92 Å². The Morgan fingerprint density at radius 1 is 1.36 bits per heavy atom. The van der Waals surface area contributed by atoms with Gasteiger partial charge in [0.1, 0.15) is 10.7 Å². The Bertz CT molecular complexity index is 1030. The molecule has 0 atom stereocenters. The van der Waals surface area contributed by atoms with Crippen molar-refractivity contribution < 1.29 is 9.53 Å². The van der Waals surface area contributed by atoms with Gasteiger partial charge in [-0.2, -0.15) is 4.98 Å². The van der Waals surface area contributed by atoms with Crippen LogP contribution in [-0.4, -0.2) is 32.3 Å². The van der Waals surface area contributed by atoms with Crippen molar-refractivity contribution in [2.45, 2.75) is 49.7 Å². The molecule has 0 spiro atoms. The minimum atomic E-state index is 0.180. The third-order valence-electron chi connectivity index (χ3n) is 4.67. The summed E-state index contributed by atoms with van der Waals surface area (Å²) in [6.07, 6.45) is 5.47. The standard InChI is InChI=1S/C20H21BrN4O2S/c1-3-13-17(21)16-18(23-13)24-20(25-19(16)27-4-2)28-15-10-12(7-8-22-15)14(26)9-11-5-6-11/h7-8,10-11H,3-6,9H2,1-2H3,(H,23,24,25). The normalized spacial score (nSPS) is 13.8. The van der Waals surface area contributed by atoms with Gasteiger partial charge in [0.2, 0.25) is 5.88 Å². The van der Waals surface area contributed by atoms with Gasteiger partial charge in [0.05, 0.1) is 16.5 Å². The number of H-pyrrole nitrogens is 1. The monoisotopic (exact) mass is 460 g/mol. The van der Waals surface area contributed by atoms with Crippen LogP contribution >= 0.6 is 27.7 Å². The number of ketones is 1. The number of aromatic amines is 1. The molecule has 1 N–H and O–H groups in total. The molecule has 4 rings (SSSR count). The van der Waals surface area contributed by atoms with Crippen LogP contribution in [0.25, 0.3) is 11.0 Å². The number of Topliss-reactive ketones (excluding diaryl/α,β-unsaturated/α-hetero) is 1. The Balaban J connectivity index is 1.65. The van der Waals surface area contributed by atoms with Crippen molar-refractivity contribution >= 4 is 44.5 Å². The molecule has 0 bridgehead atoms. The second-order valence-electron chi connectivity index (χ2n) is 6.79. The van der Waals surface area contributed by atoms with E-state index < -0.39 is 0 Å². The van der Waals surface area contributed by atoms with E-state index in [-0.39, 0.29) is 5.78 Å². The predicted molar refractivity (Wildman–Crippen MR) is 112 cm³/mol. The molecule has 0 amide bonds. The summed E-state index contributed by atoms with van der Waals surface area (Å²) in [4.78, 5) is 29.3. The van der Waals surface area contributed by atoms with Crippen molar-refractivity contribution in [2.75, 3.05) is 6.61 Å². The molecule has 1 fully saturated rings. The van der Waals surface area contributed by atoms with Crippen LogP contribution in [-0.2, 0) is 6.42 Å². The fourth-order valence-electron chi connectivity index (χ4n) is 3.02. The highest BCUT2D eigenvalue weighted by Gasteiger charge is 2.25. The van der Waals surface area contributed by atoms with Crippen LogP contribution in [0.3, 0.4) is 0 Å². The van der Waals surface area contributed by atoms with Gasteiger partial charge in [0, 0.05) is 23.9 Å². The minimum absolute atomic E-state index is 0.180. The van der Waals surface area contributed by atoms with E-state index >= 15 is 0 Å². The van der Waals surface area contributed by atoms with E-state index in [9.17, 15) is 4.79 Å². The first-order chi connectivity index (χ1) is 13.6. The first-order valence-electron chi connectivity index (χ1n) is 9.47. The van der Waals surface area contributed by atoms with Crippen molar-refractivity contribution in [3.8, 4) is 5.88 Å². The summed E-state index contributed by atoms with van der Waals surface area (Å²) in [5.74, 6) is 1.29. The molecule has 28 heavy (non-hydrogen) atoms. The molecule has 3 heterocycles. The number of rotatable bonds is 8. The fraction of sp³-hybridized carbons (Fsp3) is 0.400. The SMILES string of the molecule is CCOc1nc(Sc2cc(C(=O)CC3CC3)ccn2)nc2[nH]c(CC)c(Br)c12. The number of hydrogen-bond donors (Lipinski definition) is 1. The summed E-state index contributed by atoms with van der Waals surface area (Å²) >= 11 is 4.96. The van der Waals surface area contributed by atoms with Crippen molar-refractivity contribution in [2.24, 2.45) is 5.92 Å². The number of aryl methyl sites for hydroxylation is 1. The van der Waals surface area contributed by atoms with Gasteiger partial charge in [0.25, 0.3) is 0 Å². The highest BCUT2D eigenvalue weighted by atomic mass is 79.9. The van der Waals surface area contributed by atoms with Gasteiger partial charge >= 0.3 is 0 Å². The van der Waals surface area contributed by atoms with Crippen LogP contribution in [0.2, 0.25) is 0 Å². The molecule has 3 aromatic rings. The number of halogens is 1. The van der Waals surface area contributed by atoms with E-state index in [1.54, 1.807) is 12.3 Å². The average Bonchev–Trinajstić information content (AvgIpc) is 3.44. The van der Waals surface area contributed by atoms with Gasteiger partial charge in [0.15, 0.2) is 10.9 Å². The van der Waals surface area contributed by atoms with Crippen molar-refractivity contribution in [3.63, 3.8) is 0 Å². The zero-order valence-corrected chi connectivity index (χ0v) is 18.2. The molecule has 0 radical (unpaired) electrons. The largest absolute Gasteiger partial charge is 0.477 e. The van der Waals surface area contributed by atoms with Gasteiger partial charge in [-0.25, -0.2) is 9.97 Å². The number of aromatic nitrogens is 4. The second kappa shape index (κ2) is 8.21. The number of nitrogens with one attached hydrogen (secondary N) is 1. The molecular formula is C20H21BrN4O2S. The smallest absolute Gasteiger partial charge is 0.228 e. The number of hydrogen-bond acceptors (Lipinski definition) is 6. The molecule has 3 aromatic heterocycles. The zero-order chi connectivity index (χ0) is 19.7. The Kier molecular flexibility index (Phi) is 5.68. The number of ether oxygens (including phenoxy) is 1. The minimum Gasteiger partial charge on any atom is -0.477 e. The van der Waals surface area contributed by atoms with Crippen LogP contribution in [0.1, 0.15) is 49.2 Å². The summed E-state index contributed by atoms with van der Waals surface area (Å²) in [6.45, 7) is 4.52. The van der Waals surface area contributed by atoms with Crippen molar-refractivity contribution in [1.82, 2.24) is 19.9 Å². The lowest BCUT2D eigenvalue weighted by atomic mass is 10.1. The molecule has 0 saturated heterocycles. The lowest BCUT2D eigenvalue weighted by Crippen LogP contribution is -2.01. The van der Waals surface area contributed by atoms with E-state index in [1.165, 1.54) is 11.8 Å². The van der Waals surface area contributed by atoms with Crippen LogP contribution in [0.5, 0.6) is 5.88 Å². The summed E-state index contributed by atoms with van der Waals surface area (Å²) in [5, 5.41) is 2.08. The summed E-state index contributed by atoms with van der Waals surface area (Å²) < 4.78 is 6.70. The molecule has 0 aromatic carbocycles. The zero-order valence-electron chi connectivity index (χ0n) is 15.8. The van der Waals surface area contributed by atoms with Crippen LogP contribution < -0.4 is 4.74 Å². The number of fused-ring (bicyclic) bond motifs is 1. The molecule has 8 heteroatoms. The molecule has 1 saturated carbocycles. The highest BCUT2D eigenvalue weighted by Crippen LogP contribution is 2.36. The number of carbonyl (C=O) groups excluding carboxylic acids is 1. The van der Waals surface area contributed by atoms with E-state index in [1.807, 2.05) is 13.0 Å². The first-order valence-corrected chi connectivity index (χ1v) is 11.1. The lowest BCUT2D eigenvalue weighted by molar-refractivity contribution is 0.0975. The van der Waals surface area contributed by atoms with Crippen molar-refractivity contribution in [1.29, 1.82) is 0 Å². The third kappa shape index (κ3) is 4.07. The third-order valence-corrected chi connectivity index (χ3v) is 6.34. The maximum Gasteiger partial charge on any atom is 0.228 e. The van der Waals surface area contributed by atoms with Crippen LogP contribution in [0.15, 0.2) is 33.0 Å². The molecule has 0 unspecified atom stereocenters. The Morgan fingerprint density at radius 3 is 2.89 bits per heavy atom.